The number of amides is 1. The molecule has 42 heavy (non-hydrogen) atoms. The Bertz CT molecular complexity index is 1920. The van der Waals surface area contributed by atoms with Crippen LogP contribution in [0.15, 0.2) is 79.2 Å². The molecule has 1 aromatic carbocycles. The van der Waals surface area contributed by atoms with Crippen molar-refractivity contribution >= 4 is 51.5 Å². The minimum absolute atomic E-state index is 0.0936. The van der Waals surface area contributed by atoms with Crippen LogP contribution in [0.3, 0.4) is 0 Å². The van der Waals surface area contributed by atoms with Crippen molar-refractivity contribution in [2.75, 3.05) is 29.9 Å². The van der Waals surface area contributed by atoms with Crippen LogP contribution in [0, 0.1) is 5.82 Å². The number of halogens is 2. The second kappa shape index (κ2) is 10.4. The number of carbonyl (C=O) groups excluding carboxylic acids is 1. The second-order valence-corrected chi connectivity index (χ2v) is 10.2. The molecule has 5 heterocycles. The van der Waals surface area contributed by atoms with Gasteiger partial charge in [-0.25, -0.2) is 28.8 Å². The standard InChI is InChI=1S/C29H23ClFN9O2/c1-2-25(41)39-12-11-38(14-21(39)17-3-4-17)23-8-6-20-28(37-23)29(34-15-32-20)36-19-5-7-22(26(30)27(19)31)42-18-9-10-40-24(13-18)33-16-35-40/h2,5-10,13,15-16H,1,3-4,11-12,14H2,(H,32,34,36). The summed E-state index contributed by atoms with van der Waals surface area (Å²) in [6.07, 6.45) is 7.83. The first kappa shape index (κ1) is 25.8. The summed E-state index contributed by atoms with van der Waals surface area (Å²) in [6.45, 7) is 5.33. The van der Waals surface area contributed by atoms with Crippen molar-refractivity contribution in [3.05, 3.63) is 90.0 Å². The first-order chi connectivity index (χ1) is 20.5. The maximum absolute atomic E-state index is 15.5. The molecule has 2 aliphatic rings. The van der Waals surface area contributed by atoms with Crippen LogP contribution in [0.4, 0.5) is 21.7 Å². The Hall–Kier alpha value is -5.10. The van der Waals surface area contributed by atoms with E-state index < -0.39 is 5.82 Å². The highest BCUT2D eigenvalue weighted by Crippen LogP contribution is 2.38. The van der Waals surface area contributed by atoms with Gasteiger partial charge in [0.05, 0.1) is 17.7 Å². The number of benzene rings is 1. The number of piperazine rings is 1. The van der Waals surface area contributed by atoms with E-state index in [1.54, 1.807) is 33.8 Å². The molecule has 4 aromatic heterocycles. The minimum Gasteiger partial charge on any atom is -0.455 e. The van der Waals surface area contributed by atoms with E-state index >= 15 is 4.39 Å². The van der Waals surface area contributed by atoms with Crippen molar-refractivity contribution in [1.82, 2.24) is 34.4 Å². The molecule has 0 unspecified atom stereocenters. The number of carbonyl (C=O) groups is 1. The fourth-order valence-electron chi connectivity index (χ4n) is 4.92. The molecule has 0 spiro atoms. The van der Waals surface area contributed by atoms with Gasteiger partial charge in [0.25, 0.3) is 0 Å². The Kier molecular flexibility index (Phi) is 6.39. The summed E-state index contributed by atoms with van der Waals surface area (Å²) < 4.78 is 22.9. The Balaban J connectivity index is 1.15. The zero-order valence-corrected chi connectivity index (χ0v) is 22.9. The number of nitrogens with zero attached hydrogens (tertiary/aromatic N) is 8. The summed E-state index contributed by atoms with van der Waals surface area (Å²) in [5.41, 5.74) is 4.03. The first-order valence-electron chi connectivity index (χ1n) is 13.2. The molecule has 1 saturated carbocycles. The monoisotopic (exact) mass is 583 g/mol. The fraction of sp³-hybridized carbons (Fsp3) is 0.172. The summed E-state index contributed by atoms with van der Waals surface area (Å²) in [5, 5.41) is 6.88. The molecule has 0 atom stereocenters. The predicted octanol–water partition coefficient (Wildman–Crippen LogP) is 5.28. The number of fused-ring (bicyclic) bond motifs is 2. The average Bonchev–Trinajstić information content (AvgIpc) is 3.77. The third kappa shape index (κ3) is 4.75. The van der Waals surface area contributed by atoms with E-state index in [1.165, 1.54) is 30.4 Å². The molecule has 5 aromatic rings. The lowest BCUT2D eigenvalue weighted by atomic mass is 10.2. The third-order valence-corrected chi connectivity index (χ3v) is 7.53. The van der Waals surface area contributed by atoms with Gasteiger partial charge in [0.2, 0.25) is 5.91 Å². The topological polar surface area (TPSA) is 114 Å². The predicted molar refractivity (Wildman–Crippen MR) is 155 cm³/mol. The van der Waals surface area contributed by atoms with Gasteiger partial charge in [-0.3, -0.25) is 4.79 Å². The van der Waals surface area contributed by atoms with Crippen LogP contribution in [-0.2, 0) is 4.79 Å². The molecule has 1 aliphatic carbocycles. The van der Waals surface area contributed by atoms with Crippen LogP contribution in [0.25, 0.3) is 16.7 Å². The normalized spacial score (nSPS) is 14.9. The van der Waals surface area contributed by atoms with E-state index in [4.69, 9.17) is 21.3 Å². The number of allylic oxidation sites excluding steroid dienone is 1. The molecule has 2 fully saturated rings. The molecule has 1 N–H and O–H groups in total. The maximum atomic E-state index is 15.5. The van der Waals surface area contributed by atoms with Crippen LogP contribution < -0.4 is 15.0 Å². The maximum Gasteiger partial charge on any atom is 0.250 e. The fourth-order valence-corrected chi connectivity index (χ4v) is 5.13. The van der Waals surface area contributed by atoms with Crippen LogP contribution in [0.5, 0.6) is 11.5 Å². The van der Waals surface area contributed by atoms with E-state index in [1.807, 2.05) is 12.1 Å². The average molecular weight is 584 g/mol. The van der Waals surface area contributed by atoms with Crippen molar-refractivity contribution in [2.24, 2.45) is 0 Å². The molecule has 11 nitrogen and oxygen atoms in total. The van der Waals surface area contributed by atoms with E-state index in [9.17, 15) is 4.79 Å². The van der Waals surface area contributed by atoms with Gasteiger partial charge in [0, 0.05) is 31.0 Å². The molecule has 210 valence electrons. The molecule has 7 rings (SSSR count). The van der Waals surface area contributed by atoms with E-state index in [0.29, 0.717) is 53.7 Å². The number of pyridine rings is 2. The van der Waals surface area contributed by atoms with Crippen molar-refractivity contribution in [1.29, 1.82) is 0 Å². The van der Waals surface area contributed by atoms with Crippen molar-refractivity contribution in [3.63, 3.8) is 0 Å². The van der Waals surface area contributed by atoms with Crippen LogP contribution in [-0.4, -0.2) is 60.0 Å². The summed E-state index contributed by atoms with van der Waals surface area (Å²) >= 11 is 6.38. The lowest BCUT2D eigenvalue weighted by Gasteiger charge is -2.37. The van der Waals surface area contributed by atoms with Crippen LogP contribution in [0.2, 0.25) is 5.02 Å². The molecule has 1 aliphatic heterocycles. The number of anilines is 3. The lowest BCUT2D eigenvalue weighted by molar-refractivity contribution is -0.124. The SMILES string of the molecule is C=CC(=O)N1CCN(c2ccc3ncnc(Nc4ccc(Oc5ccn6ncnc6c5)c(Cl)c4F)c3n2)CC1=C1CC1. The van der Waals surface area contributed by atoms with Gasteiger partial charge in [0.15, 0.2) is 17.3 Å². The molecule has 1 saturated heterocycles. The first-order valence-corrected chi connectivity index (χ1v) is 13.6. The zero-order chi connectivity index (χ0) is 28.8. The van der Waals surface area contributed by atoms with Crippen molar-refractivity contribution < 1.29 is 13.9 Å². The smallest absolute Gasteiger partial charge is 0.250 e. The summed E-state index contributed by atoms with van der Waals surface area (Å²) in [5.74, 6) is 0.811. The molecular weight excluding hydrogens is 561 g/mol. The quantitative estimate of drug-likeness (QED) is 0.267. The molecule has 0 bridgehead atoms. The van der Waals surface area contributed by atoms with Crippen molar-refractivity contribution in [3.8, 4) is 11.5 Å². The number of rotatable bonds is 6. The summed E-state index contributed by atoms with van der Waals surface area (Å²) in [6, 6.07) is 10.2. The zero-order valence-electron chi connectivity index (χ0n) is 22.2. The van der Waals surface area contributed by atoms with Crippen LogP contribution >= 0.6 is 11.6 Å². The van der Waals surface area contributed by atoms with Gasteiger partial charge in [-0.15, -0.1) is 0 Å². The Morgan fingerprint density at radius 1 is 1.10 bits per heavy atom. The largest absolute Gasteiger partial charge is 0.455 e. The van der Waals surface area contributed by atoms with E-state index in [0.717, 1.165) is 18.5 Å². The van der Waals surface area contributed by atoms with E-state index in [-0.39, 0.29) is 22.4 Å². The Labute approximate surface area is 243 Å². The van der Waals surface area contributed by atoms with Gasteiger partial charge < -0.3 is 19.9 Å². The number of hydrogen-bond acceptors (Lipinski definition) is 9. The highest BCUT2D eigenvalue weighted by Gasteiger charge is 2.31. The molecule has 13 heteroatoms. The second-order valence-electron chi connectivity index (χ2n) is 9.82. The van der Waals surface area contributed by atoms with Gasteiger partial charge in [0.1, 0.15) is 40.5 Å². The van der Waals surface area contributed by atoms with Crippen molar-refractivity contribution in [2.45, 2.75) is 12.8 Å². The molecule has 1 amide bonds. The highest BCUT2D eigenvalue weighted by molar-refractivity contribution is 6.32. The lowest BCUT2D eigenvalue weighted by Crippen LogP contribution is -2.47. The number of hydrogen-bond donors (Lipinski definition) is 1. The van der Waals surface area contributed by atoms with E-state index in [2.05, 4.69) is 36.8 Å². The minimum atomic E-state index is -0.704. The van der Waals surface area contributed by atoms with Gasteiger partial charge in [-0.05, 0) is 54.8 Å². The van der Waals surface area contributed by atoms with Gasteiger partial charge in [-0.2, -0.15) is 5.10 Å². The molecular formula is C29H23ClFN9O2. The third-order valence-electron chi connectivity index (χ3n) is 7.18. The number of ether oxygens (including phenoxy) is 1. The van der Waals surface area contributed by atoms with Gasteiger partial charge >= 0.3 is 0 Å². The Morgan fingerprint density at radius 2 is 1.98 bits per heavy atom. The number of aromatic nitrogens is 6. The summed E-state index contributed by atoms with van der Waals surface area (Å²) in [7, 11) is 0. The Morgan fingerprint density at radius 3 is 2.81 bits per heavy atom. The van der Waals surface area contributed by atoms with Gasteiger partial charge in [-0.1, -0.05) is 18.2 Å². The van der Waals surface area contributed by atoms with Crippen LogP contribution in [0.1, 0.15) is 12.8 Å². The number of nitrogens with one attached hydrogen (secondary N) is 1. The summed E-state index contributed by atoms with van der Waals surface area (Å²) in [4.78, 5) is 34.0. The molecule has 0 radical (unpaired) electrons. The highest BCUT2D eigenvalue weighted by atomic mass is 35.5.